The minimum Gasteiger partial charge on any atom is -0.383 e. The van der Waals surface area contributed by atoms with Crippen LogP contribution >= 0.6 is 11.6 Å². The van der Waals surface area contributed by atoms with Crippen molar-refractivity contribution < 1.29 is 4.39 Å². The molecule has 3 N–H and O–H groups in total. The van der Waals surface area contributed by atoms with Crippen LogP contribution in [0.1, 0.15) is 12.0 Å². The van der Waals surface area contributed by atoms with Gasteiger partial charge in [0.1, 0.15) is 5.82 Å². The van der Waals surface area contributed by atoms with Crippen molar-refractivity contribution in [3.8, 4) is 0 Å². The van der Waals surface area contributed by atoms with E-state index < -0.39 is 5.67 Å². The maximum atomic E-state index is 14.2. The van der Waals surface area contributed by atoms with Crippen molar-refractivity contribution in [2.75, 3.05) is 18.8 Å². The molecule has 0 saturated carbocycles. The molecule has 0 bridgehead atoms. The number of rotatable bonds is 1. The number of pyridine rings is 1. The number of nitrogens with one attached hydrogen (secondary N) is 1. The Labute approximate surface area is 86.5 Å². The fourth-order valence-corrected chi connectivity index (χ4v) is 1.86. The number of aromatic nitrogens is 1. The number of nitrogens with two attached hydrogens (primary N) is 1. The number of halogens is 2. The van der Waals surface area contributed by atoms with Crippen LogP contribution in [0.4, 0.5) is 10.2 Å². The monoisotopic (exact) mass is 215 g/mol. The van der Waals surface area contributed by atoms with Crippen molar-refractivity contribution >= 4 is 17.4 Å². The van der Waals surface area contributed by atoms with Crippen LogP contribution in [-0.4, -0.2) is 18.1 Å². The zero-order chi connectivity index (χ0) is 10.2. The van der Waals surface area contributed by atoms with Gasteiger partial charge in [0.05, 0.1) is 5.02 Å². The maximum Gasteiger partial charge on any atom is 0.153 e. The molecular formula is C9H11ClFN3. The van der Waals surface area contributed by atoms with Gasteiger partial charge in [-0.15, -0.1) is 0 Å². The van der Waals surface area contributed by atoms with Crippen LogP contribution < -0.4 is 11.1 Å². The lowest BCUT2D eigenvalue weighted by Crippen LogP contribution is -2.25. The topological polar surface area (TPSA) is 50.9 Å². The average Bonchev–Trinajstić information content (AvgIpc) is 2.58. The quantitative estimate of drug-likeness (QED) is 0.746. The average molecular weight is 216 g/mol. The Hall–Kier alpha value is -0.870. The second-order valence-electron chi connectivity index (χ2n) is 3.48. The summed E-state index contributed by atoms with van der Waals surface area (Å²) in [4.78, 5) is 3.85. The highest BCUT2D eigenvalue weighted by Gasteiger charge is 2.37. The van der Waals surface area contributed by atoms with Gasteiger partial charge in [0.25, 0.3) is 0 Å². The fourth-order valence-electron chi connectivity index (χ4n) is 1.70. The van der Waals surface area contributed by atoms with Gasteiger partial charge in [0, 0.05) is 18.3 Å². The molecule has 1 atom stereocenters. The number of hydrogen-bond donors (Lipinski definition) is 2. The zero-order valence-electron chi connectivity index (χ0n) is 7.56. The van der Waals surface area contributed by atoms with Gasteiger partial charge in [-0.1, -0.05) is 11.6 Å². The molecular weight excluding hydrogens is 205 g/mol. The molecule has 14 heavy (non-hydrogen) atoms. The second-order valence-corrected chi connectivity index (χ2v) is 3.91. The van der Waals surface area contributed by atoms with E-state index in [1.165, 1.54) is 6.20 Å². The molecule has 1 fully saturated rings. The van der Waals surface area contributed by atoms with Crippen LogP contribution in [0.2, 0.25) is 5.02 Å². The molecule has 0 aliphatic carbocycles. The predicted molar refractivity (Wildman–Crippen MR) is 53.9 cm³/mol. The fraction of sp³-hybridized carbons (Fsp3) is 0.444. The molecule has 1 aliphatic heterocycles. The first-order chi connectivity index (χ1) is 6.62. The normalized spacial score (nSPS) is 26.7. The van der Waals surface area contributed by atoms with Crippen molar-refractivity contribution in [2.45, 2.75) is 12.1 Å². The van der Waals surface area contributed by atoms with E-state index in [1.54, 1.807) is 6.07 Å². The SMILES string of the molecule is Nc1ncc(Cl)cc1C1(F)CCNC1. The number of alkyl halides is 1. The Morgan fingerprint density at radius 3 is 3.07 bits per heavy atom. The number of anilines is 1. The highest BCUT2D eigenvalue weighted by molar-refractivity contribution is 6.30. The van der Waals surface area contributed by atoms with E-state index in [0.717, 1.165) is 0 Å². The van der Waals surface area contributed by atoms with Crippen LogP contribution in [0.3, 0.4) is 0 Å². The smallest absolute Gasteiger partial charge is 0.153 e. The molecule has 0 amide bonds. The number of nitrogens with zero attached hydrogens (tertiary/aromatic N) is 1. The Morgan fingerprint density at radius 1 is 1.64 bits per heavy atom. The van der Waals surface area contributed by atoms with Crippen LogP contribution in [0, 0.1) is 0 Å². The molecule has 3 nitrogen and oxygen atoms in total. The summed E-state index contributed by atoms with van der Waals surface area (Å²) in [5, 5.41) is 3.37. The predicted octanol–water partition coefficient (Wildman–Crippen LogP) is 1.48. The molecule has 1 unspecified atom stereocenters. The minimum absolute atomic E-state index is 0.223. The summed E-state index contributed by atoms with van der Waals surface area (Å²) in [7, 11) is 0. The van der Waals surface area contributed by atoms with Gasteiger partial charge in [-0.3, -0.25) is 0 Å². The van der Waals surface area contributed by atoms with Gasteiger partial charge < -0.3 is 11.1 Å². The first-order valence-electron chi connectivity index (χ1n) is 4.43. The summed E-state index contributed by atoms with van der Waals surface area (Å²) >= 11 is 5.75. The standard InChI is InChI=1S/C9H11ClFN3/c10-6-3-7(8(12)14-4-6)9(11)1-2-13-5-9/h3-4,13H,1-2,5H2,(H2,12,14). The molecule has 2 heterocycles. The van der Waals surface area contributed by atoms with E-state index in [4.69, 9.17) is 17.3 Å². The number of nitrogen functional groups attached to an aromatic ring is 1. The van der Waals surface area contributed by atoms with Gasteiger partial charge in [0.2, 0.25) is 0 Å². The summed E-state index contributed by atoms with van der Waals surface area (Å²) in [5.74, 6) is 0.223. The van der Waals surface area contributed by atoms with Crippen molar-refractivity contribution in [3.05, 3.63) is 22.8 Å². The summed E-state index contributed by atoms with van der Waals surface area (Å²) in [6, 6.07) is 1.55. The summed E-state index contributed by atoms with van der Waals surface area (Å²) < 4.78 is 14.2. The van der Waals surface area contributed by atoms with E-state index in [-0.39, 0.29) is 12.4 Å². The minimum atomic E-state index is -1.41. The molecule has 0 aromatic carbocycles. The first-order valence-corrected chi connectivity index (χ1v) is 4.81. The molecule has 1 aromatic rings. The second kappa shape index (κ2) is 3.37. The third kappa shape index (κ3) is 1.55. The van der Waals surface area contributed by atoms with Gasteiger partial charge in [0.15, 0.2) is 5.67 Å². The van der Waals surface area contributed by atoms with Crippen molar-refractivity contribution in [3.63, 3.8) is 0 Å². The van der Waals surface area contributed by atoms with Gasteiger partial charge >= 0.3 is 0 Å². The molecule has 1 aliphatic rings. The molecule has 2 rings (SSSR count). The third-order valence-electron chi connectivity index (χ3n) is 2.47. The lowest BCUT2D eigenvalue weighted by molar-refractivity contribution is 0.194. The molecule has 0 radical (unpaired) electrons. The van der Waals surface area contributed by atoms with Crippen molar-refractivity contribution in [1.29, 1.82) is 0 Å². The summed E-state index contributed by atoms with van der Waals surface area (Å²) in [6.07, 6.45) is 1.84. The van der Waals surface area contributed by atoms with Crippen molar-refractivity contribution in [1.82, 2.24) is 10.3 Å². The lowest BCUT2D eigenvalue weighted by atomic mass is 9.95. The van der Waals surface area contributed by atoms with Gasteiger partial charge in [-0.25, -0.2) is 9.37 Å². The summed E-state index contributed by atoms with van der Waals surface area (Å²) in [6.45, 7) is 0.932. The van der Waals surface area contributed by atoms with Crippen LogP contribution in [0.15, 0.2) is 12.3 Å². The van der Waals surface area contributed by atoms with E-state index in [1.807, 2.05) is 0 Å². The number of hydrogen-bond acceptors (Lipinski definition) is 3. The Bertz CT molecular complexity index is 350. The molecule has 1 saturated heterocycles. The van der Waals surface area contributed by atoms with Gasteiger partial charge in [-0.2, -0.15) is 0 Å². The molecule has 5 heteroatoms. The maximum absolute atomic E-state index is 14.2. The highest BCUT2D eigenvalue weighted by atomic mass is 35.5. The summed E-state index contributed by atoms with van der Waals surface area (Å²) in [5.41, 5.74) is 4.60. The highest BCUT2D eigenvalue weighted by Crippen LogP contribution is 2.35. The Balaban J connectivity index is 2.44. The molecule has 1 aromatic heterocycles. The zero-order valence-corrected chi connectivity index (χ0v) is 8.31. The van der Waals surface area contributed by atoms with E-state index in [0.29, 0.717) is 23.6 Å². The Morgan fingerprint density at radius 2 is 2.43 bits per heavy atom. The van der Waals surface area contributed by atoms with Crippen LogP contribution in [-0.2, 0) is 5.67 Å². The van der Waals surface area contributed by atoms with Crippen LogP contribution in [0.5, 0.6) is 0 Å². The lowest BCUT2D eigenvalue weighted by Gasteiger charge is -2.19. The molecule has 76 valence electrons. The van der Waals surface area contributed by atoms with E-state index in [2.05, 4.69) is 10.3 Å². The van der Waals surface area contributed by atoms with E-state index in [9.17, 15) is 4.39 Å². The van der Waals surface area contributed by atoms with E-state index >= 15 is 0 Å². The first kappa shape index (κ1) is 9.68. The third-order valence-corrected chi connectivity index (χ3v) is 2.68. The van der Waals surface area contributed by atoms with Crippen LogP contribution in [0.25, 0.3) is 0 Å². The van der Waals surface area contributed by atoms with Crippen molar-refractivity contribution in [2.24, 2.45) is 0 Å². The Kier molecular flexibility index (Phi) is 2.33. The molecule has 0 spiro atoms. The van der Waals surface area contributed by atoms with Gasteiger partial charge in [-0.05, 0) is 19.0 Å². The largest absolute Gasteiger partial charge is 0.383 e.